The summed E-state index contributed by atoms with van der Waals surface area (Å²) in [6, 6.07) is -0.0746. The van der Waals surface area contributed by atoms with Gasteiger partial charge in [0.05, 0.1) is 5.25 Å². The summed E-state index contributed by atoms with van der Waals surface area (Å²) < 4.78 is 5.59. The van der Waals surface area contributed by atoms with Gasteiger partial charge in [0, 0.05) is 25.4 Å². The number of hydrogen-bond acceptors (Lipinski definition) is 6. The van der Waals surface area contributed by atoms with Gasteiger partial charge in [-0.1, -0.05) is 18.2 Å². The molecule has 8 unspecified atom stereocenters. The van der Waals surface area contributed by atoms with Crippen molar-refractivity contribution in [3.8, 4) is 0 Å². The summed E-state index contributed by atoms with van der Waals surface area (Å²) in [6.45, 7) is 2.85. The van der Waals surface area contributed by atoms with Crippen LogP contribution in [0.25, 0.3) is 0 Å². The average molecular weight is 375 g/mol. The molecule has 1 aliphatic heterocycles. The zero-order valence-electron chi connectivity index (χ0n) is 15.0. The molecule has 0 spiro atoms. The molecule has 144 valence electrons. The third-order valence-corrected chi connectivity index (χ3v) is 7.69. The number of fused-ring (bicyclic) bond motifs is 1. The van der Waals surface area contributed by atoms with Crippen molar-refractivity contribution >= 4 is 17.5 Å². The van der Waals surface area contributed by atoms with E-state index in [0.717, 1.165) is 12.8 Å². The number of rotatable bonds is 6. The Hall–Kier alpha value is -0.220. The van der Waals surface area contributed by atoms with Crippen molar-refractivity contribution in [2.45, 2.75) is 80.8 Å². The lowest BCUT2D eigenvalue weighted by Crippen LogP contribution is -3.19. The summed E-state index contributed by atoms with van der Waals surface area (Å²) in [7, 11) is 0. The number of hydrogen-bond donors (Lipinski definition) is 4. The molecule has 8 heteroatoms. The molecule has 0 bridgehead atoms. The normalized spacial score (nSPS) is 42.8. The molecule has 1 heterocycles. The molecular formula is C17H32N3O4S+. The highest BCUT2D eigenvalue weighted by molar-refractivity contribution is 8.00. The van der Waals surface area contributed by atoms with E-state index < -0.39 is 11.3 Å². The van der Waals surface area contributed by atoms with E-state index in [0.29, 0.717) is 37.3 Å². The predicted octanol–water partition coefficient (Wildman–Crippen LogP) is -0.914. The Morgan fingerprint density at radius 3 is 2.84 bits per heavy atom. The van der Waals surface area contributed by atoms with Gasteiger partial charge >= 0.3 is 0 Å². The smallest absolute Gasteiger partial charge is 0.190 e. The molecule has 0 amide bonds. The first-order chi connectivity index (χ1) is 12.0. The molecule has 3 rings (SSSR count). The Labute approximate surface area is 153 Å². The number of Topliss-reactive ketones (excluding diaryl/α,β-unsaturated/α-hetero) is 1. The predicted molar refractivity (Wildman–Crippen MR) is 95.1 cm³/mol. The first-order valence-electron chi connectivity index (χ1n) is 9.65. The van der Waals surface area contributed by atoms with E-state index in [1.54, 1.807) is 0 Å². The summed E-state index contributed by atoms with van der Waals surface area (Å²) in [4.78, 5) is 14.1. The SMILES string of the molecule is CCOC1CCC(C(=O)C[NH+]2C(N)SC3CCCCC32)CC1[NH+]([O-])O. The molecule has 8 atom stereocenters. The number of carbonyl (C=O) groups excluding carboxylic acids is 1. The van der Waals surface area contributed by atoms with E-state index in [1.807, 2.05) is 18.7 Å². The number of nitrogens with one attached hydrogen (secondary N) is 2. The van der Waals surface area contributed by atoms with E-state index in [9.17, 15) is 15.2 Å². The second kappa shape index (κ2) is 8.65. The molecule has 0 aromatic heterocycles. The third kappa shape index (κ3) is 4.37. The van der Waals surface area contributed by atoms with Gasteiger partial charge in [-0.25, -0.2) is 10.4 Å². The van der Waals surface area contributed by atoms with Gasteiger partial charge in [-0.3, -0.25) is 10.5 Å². The quantitative estimate of drug-likeness (QED) is 0.449. The van der Waals surface area contributed by atoms with Crippen molar-refractivity contribution in [3.05, 3.63) is 5.21 Å². The molecule has 0 aromatic carbocycles. The van der Waals surface area contributed by atoms with Gasteiger partial charge in [-0.05, 0) is 32.6 Å². The topological polar surface area (TPSA) is 104 Å². The van der Waals surface area contributed by atoms with E-state index >= 15 is 0 Å². The summed E-state index contributed by atoms with van der Waals surface area (Å²) >= 11 is 1.83. The van der Waals surface area contributed by atoms with Crippen LogP contribution in [-0.4, -0.2) is 53.1 Å². The molecule has 2 saturated carbocycles. The molecule has 1 saturated heterocycles. The number of thioether (sulfide) groups is 1. The van der Waals surface area contributed by atoms with Crippen LogP contribution in [0.4, 0.5) is 0 Å². The maximum atomic E-state index is 12.9. The second-order valence-corrected chi connectivity index (χ2v) is 9.04. The number of ether oxygens (including phenoxy) is 1. The Kier molecular flexibility index (Phi) is 6.76. The first-order valence-corrected chi connectivity index (χ1v) is 10.6. The Balaban J connectivity index is 1.59. The van der Waals surface area contributed by atoms with Crippen LogP contribution in [0, 0.1) is 11.1 Å². The first kappa shape index (κ1) is 19.5. The number of carbonyl (C=O) groups is 1. The highest BCUT2D eigenvalue weighted by Gasteiger charge is 2.47. The molecule has 5 N–H and O–H groups in total. The summed E-state index contributed by atoms with van der Waals surface area (Å²) in [5, 5.41) is 20.8. The molecule has 0 radical (unpaired) electrons. The molecule has 25 heavy (non-hydrogen) atoms. The van der Waals surface area contributed by atoms with Gasteiger partial charge in [0.1, 0.15) is 24.7 Å². The fraction of sp³-hybridized carbons (Fsp3) is 0.941. The molecule has 7 nitrogen and oxygen atoms in total. The largest absolute Gasteiger partial charge is 0.600 e. The number of quaternary nitrogens is 2. The van der Waals surface area contributed by atoms with Crippen molar-refractivity contribution in [1.29, 1.82) is 0 Å². The highest BCUT2D eigenvalue weighted by atomic mass is 32.2. The van der Waals surface area contributed by atoms with Crippen LogP contribution >= 0.6 is 11.8 Å². The zero-order chi connectivity index (χ0) is 18.0. The van der Waals surface area contributed by atoms with Crippen molar-refractivity contribution in [1.82, 2.24) is 0 Å². The van der Waals surface area contributed by atoms with E-state index in [1.165, 1.54) is 24.2 Å². The molecule has 3 fully saturated rings. The van der Waals surface area contributed by atoms with E-state index in [-0.39, 0.29) is 23.3 Å². The van der Waals surface area contributed by atoms with Gasteiger partial charge in [0.15, 0.2) is 11.3 Å². The van der Waals surface area contributed by atoms with Gasteiger partial charge in [0.2, 0.25) is 0 Å². The van der Waals surface area contributed by atoms with Crippen LogP contribution in [0.15, 0.2) is 0 Å². The molecule has 2 aliphatic carbocycles. The van der Waals surface area contributed by atoms with Crippen molar-refractivity contribution in [2.75, 3.05) is 13.2 Å². The lowest BCUT2D eigenvalue weighted by atomic mass is 9.81. The van der Waals surface area contributed by atoms with Gasteiger partial charge in [0.25, 0.3) is 0 Å². The van der Waals surface area contributed by atoms with Crippen molar-refractivity contribution in [2.24, 2.45) is 11.7 Å². The lowest BCUT2D eigenvalue weighted by Gasteiger charge is -2.37. The highest BCUT2D eigenvalue weighted by Crippen LogP contribution is 2.32. The van der Waals surface area contributed by atoms with Gasteiger partial charge in [-0.2, -0.15) is 0 Å². The maximum absolute atomic E-state index is 12.9. The van der Waals surface area contributed by atoms with E-state index in [4.69, 9.17) is 10.5 Å². The van der Waals surface area contributed by atoms with Gasteiger partial charge in [-0.15, -0.1) is 0 Å². The number of ketones is 1. The van der Waals surface area contributed by atoms with Crippen LogP contribution in [-0.2, 0) is 9.53 Å². The zero-order valence-corrected chi connectivity index (χ0v) is 15.8. The van der Waals surface area contributed by atoms with Crippen LogP contribution in [0.5, 0.6) is 0 Å². The molecule has 3 aliphatic rings. The monoisotopic (exact) mass is 374 g/mol. The summed E-state index contributed by atoms with van der Waals surface area (Å²) in [6.07, 6.45) is 6.40. The van der Waals surface area contributed by atoms with Crippen molar-refractivity contribution in [3.63, 3.8) is 0 Å². The maximum Gasteiger partial charge on any atom is 0.190 e. The van der Waals surface area contributed by atoms with Crippen LogP contribution in [0.3, 0.4) is 0 Å². The fourth-order valence-electron chi connectivity index (χ4n) is 4.86. The van der Waals surface area contributed by atoms with Crippen LogP contribution in [0.1, 0.15) is 51.9 Å². The number of nitrogens with two attached hydrogens (primary N) is 1. The summed E-state index contributed by atoms with van der Waals surface area (Å²) in [5.41, 5.74) is 6.29. The van der Waals surface area contributed by atoms with Crippen LogP contribution < -0.4 is 15.9 Å². The second-order valence-electron chi connectivity index (χ2n) is 7.65. The Bertz CT molecular complexity index is 467. The summed E-state index contributed by atoms with van der Waals surface area (Å²) in [5.74, 6) is 0.0311. The molecular weight excluding hydrogens is 342 g/mol. The lowest BCUT2D eigenvalue weighted by molar-refractivity contribution is -1.07. The minimum Gasteiger partial charge on any atom is -0.600 e. The minimum atomic E-state index is -0.843. The van der Waals surface area contributed by atoms with Crippen molar-refractivity contribution < 1.29 is 24.9 Å². The standard InChI is InChI=1S/C17H31N3O4S/c1-2-24-15-8-7-11(9-13(15)20(22)23)14(21)10-19-12-5-3-4-6-16(12)25-17(19)18/h11-13,15-17,20,22H,2-10,18H2,1H3/p+1. The third-order valence-electron chi connectivity index (χ3n) is 6.18. The minimum absolute atomic E-state index is 0.0212. The van der Waals surface area contributed by atoms with E-state index in [2.05, 4.69) is 0 Å². The van der Waals surface area contributed by atoms with Crippen LogP contribution in [0.2, 0.25) is 0 Å². The number of hydroxylamine groups is 2. The Morgan fingerprint density at radius 1 is 1.36 bits per heavy atom. The Morgan fingerprint density at radius 2 is 2.12 bits per heavy atom. The average Bonchev–Trinajstić information content (AvgIpc) is 2.91. The van der Waals surface area contributed by atoms with Gasteiger partial charge < -0.3 is 14.8 Å². The molecule has 0 aromatic rings. The fourth-order valence-corrected chi connectivity index (χ4v) is 6.47.